The molecule has 0 saturated carbocycles. The summed E-state index contributed by atoms with van der Waals surface area (Å²) < 4.78 is 15.1. The van der Waals surface area contributed by atoms with Gasteiger partial charge in [0.2, 0.25) is 0 Å². The molecule has 3 amide bonds. The predicted molar refractivity (Wildman–Crippen MR) is 128 cm³/mol. The molecule has 166 valence electrons. The van der Waals surface area contributed by atoms with E-state index in [1.807, 2.05) is 25.1 Å². The second-order valence-electron chi connectivity index (χ2n) is 7.29. The maximum atomic E-state index is 13.1. The van der Waals surface area contributed by atoms with Gasteiger partial charge >= 0.3 is 11.8 Å². The number of benzene rings is 3. The Balaban J connectivity index is 1.62. The van der Waals surface area contributed by atoms with Crippen molar-refractivity contribution in [2.45, 2.75) is 6.92 Å². The highest BCUT2D eigenvalue weighted by molar-refractivity contribution is 9.10. The molecule has 0 fully saturated rings. The van der Waals surface area contributed by atoms with E-state index in [-0.39, 0.29) is 11.4 Å². The van der Waals surface area contributed by atoms with Gasteiger partial charge in [-0.1, -0.05) is 28.1 Å². The van der Waals surface area contributed by atoms with Crippen molar-refractivity contribution in [3.8, 4) is 0 Å². The number of anilines is 2. The van der Waals surface area contributed by atoms with Crippen LogP contribution in [0.15, 0.2) is 77.3 Å². The number of halogens is 2. The van der Waals surface area contributed by atoms with Crippen LogP contribution in [0.1, 0.15) is 16.1 Å². The van der Waals surface area contributed by atoms with Gasteiger partial charge in [0.1, 0.15) is 11.5 Å². The first-order valence-electron chi connectivity index (χ1n) is 9.87. The van der Waals surface area contributed by atoms with Crippen LogP contribution in [0.3, 0.4) is 0 Å². The van der Waals surface area contributed by atoms with Crippen molar-refractivity contribution >= 4 is 55.9 Å². The van der Waals surface area contributed by atoms with E-state index in [2.05, 4.69) is 32.0 Å². The van der Waals surface area contributed by atoms with E-state index in [1.54, 1.807) is 30.3 Å². The summed E-state index contributed by atoms with van der Waals surface area (Å²) in [4.78, 5) is 38.0. The molecule has 7 nitrogen and oxygen atoms in total. The number of rotatable bonds is 4. The molecular weight excluding hydrogens is 491 g/mol. The van der Waals surface area contributed by atoms with Crippen LogP contribution in [0, 0.1) is 12.7 Å². The summed E-state index contributed by atoms with van der Waals surface area (Å²) in [5.41, 5.74) is 4.96. The number of amides is 3. The molecule has 0 spiro atoms. The molecule has 0 atom stereocenters. The lowest BCUT2D eigenvalue weighted by Gasteiger charge is -2.13. The molecule has 0 radical (unpaired) electrons. The SMILES string of the molecule is Cc1cccc(NC(=O)c2cc3cc(Br)ccc3n2NC(=O)C(=O)Nc2ccc(F)cc2)c1. The number of hydrogen-bond acceptors (Lipinski definition) is 3. The Hall–Kier alpha value is -3.98. The number of carbonyl (C=O) groups excluding carboxylic acids is 3. The van der Waals surface area contributed by atoms with Gasteiger partial charge in [-0.25, -0.2) is 9.07 Å². The molecule has 3 aromatic carbocycles. The van der Waals surface area contributed by atoms with Crippen molar-refractivity contribution in [2.75, 3.05) is 16.1 Å². The summed E-state index contributed by atoms with van der Waals surface area (Å²) >= 11 is 3.39. The van der Waals surface area contributed by atoms with E-state index >= 15 is 0 Å². The third kappa shape index (κ3) is 5.09. The summed E-state index contributed by atoms with van der Waals surface area (Å²) in [5.74, 6) is -2.89. The fraction of sp³-hybridized carbons (Fsp3) is 0.0417. The minimum Gasteiger partial charge on any atom is -0.321 e. The van der Waals surface area contributed by atoms with Crippen LogP contribution >= 0.6 is 15.9 Å². The quantitative estimate of drug-likeness (QED) is 0.345. The molecule has 0 saturated heterocycles. The van der Waals surface area contributed by atoms with Gasteiger partial charge in [-0.3, -0.25) is 19.8 Å². The maximum absolute atomic E-state index is 13.1. The van der Waals surface area contributed by atoms with Crippen LogP contribution in [-0.4, -0.2) is 22.4 Å². The van der Waals surface area contributed by atoms with Crippen molar-refractivity contribution < 1.29 is 18.8 Å². The lowest BCUT2D eigenvalue weighted by Crippen LogP contribution is -2.36. The monoisotopic (exact) mass is 508 g/mol. The van der Waals surface area contributed by atoms with Gasteiger partial charge in [0, 0.05) is 21.2 Å². The summed E-state index contributed by atoms with van der Waals surface area (Å²) in [6, 6.07) is 19.2. The van der Waals surface area contributed by atoms with Gasteiger partial charge < -0.3 is 10.6 Å². The average molecular weight is 509 g/mol. The van der Waals surface area contributed by atoms with Crippen molar-refractivity contribution in [1.29, 1.82) is 0 Å². The van der Waals surface area contributed by atoms with Gasteiger partial charge in [0.05, 0.1) is 5.52 Å². The maximum Gasteiger partial charge on any atom is 0.328 e. The lowest BCUT2D eigenvalue weighted by atomic mass is 10.2. The standard InChI is InChI=1S/C24H18BrFN4O3/c1-14-3-2-4-19(11-14)28-22(31)21-13-15-12-16(25)5-10-20(15)30(21)29-24(33)23(32)27-18-8-6-17(26)7-9-18/h2-13H,1H3,(H,27,32)(H,28,31)(H,29,33). The molecule has 0 unspecified atom stereocenters. The Morgan fingerprint density at radius 1 is 0.848 bits per heavy atom. The second kappa shape index (κ2) is 9.25. The third-order valence-electron chi connectivity index (χ3n) is 4.79. The molecule has 0 aliphatic carbocycles. The summed E-state index contributed by atoms with van der Waals surface area (Å²) in [6.07, 6.45) is 0. The Bertz CT molecular complexity index is 1380. The number of nitrogens with zero attached hydrogens (tertiary/aromatic N) is 1. The fourth-order valence-electron chi connectivity index (χ4n) is 3.27. The van der Waals surface area contributed by atoms with E-state index in [1.165, 1.54) is 28.9 Å². The van der Waals surface area contributed by atoms with Crippen molar-refractivity contribution in [3.05, 3.63) is 94.3 Å². The highest BCUT2D eigenvalue weighted by atomic mass is 79.9. The second-order valence-corrected chi connectivity index (χ2v) is 8.21. The third-order valence-corrected chi connectivity index (χ3v) is 5.29. The zero-order chi connectivity index (χ0) is 23.5. The molecule has 1 heterocycles. The number of hydrogen-bond donors (Lipinski definition) is 3. The zero-order valence-corrected chi connectivity index (χ0v) is 18.9. The first-order valence-corrected chi connectivity index (χ1v) is 10.7. The summed E-state index contributed by atoms with van der Waals surface area (Å²) in [6.45, 7) is 1.91. The minimum absolute atomic E-state index is 0.132. The molecule has 0 aliphatic rings. The average Bonchev–Trinajstić information content (AvgIpc) is 3.12. The van der Waals surface area contributed by atoms with Crippen LogP contribution in [0.2, 0.25) is 0 Å². The molecule has 0 aliphatic heterocycles. The van der Waals surface area contributed by atoms with E-state index in [9.17, 15) is 18.8 Å². The van der Waals surface area contributed by atoms with Gasteiger partial charge in [-0.05, 0) is 73.2 Å². The van der Waals surface area contributed by atoms with Gasteiger partial charge in [-0.2, -0.15) is 0 Å². The van der Waals surface area contributed by atoms with E-state index in [0.717, 1.165) is 10.0 Å². The summed E-state index contributed by atoms with van der Waals surface area (Å²) in [7, 11) is 0. The first-order chi connectivity index (χ1) is 15.8. The number of carbonyl (C=O) groups is 3. The van der Waals surface area contributed by atoms with Gasteiger partial charge in [0.15, 0.2) is 0 Å². The van der Waals surface area contributed by atoms with Crippen molar-refractivity contribution in [2.24, 2.45) is 0 Å². The number of fused-ring (bicyclic) bond motifs is 1. The largest absolute Gasteiger partial charge is 0.328 e. The van der Waals surface area contributed by atoms with E-state index in [4.69, 9.17) is 0 Å². The molecular formula is C24H18BrFN4O3. The summed E-state index contributed by atoms with van der Waals surface area (Å²) in [5, 5.41) is 5.88. The van der Waals surface area contributed by atoms with Gasteiger partial charge in [-0.15, -0.1) is 0 Å². The smallest absolute Gasteiger partial charge is 0.321 e. The highest BCUT2D eigenvalue weighted by Gasteiger charge is 2.21. The van der Waals surface area contributed by atoms with Crippen molar-refractivity contribution in [3.63, 3.8) is 0 Å². The number of aromatic nitrogens is 1. The Kier molecular flexibility index (Phi) is 6.23. The molecule has 9 heteroatoms. The fourth-order valence-corrected chi connectivity index (χ4v) is 3.64. The zero-order valence-electron chi connectivity index (χ0n) is 17.4. The topological polar surface area (TPSA) is 92.2 Å². The van der Waals surface area contributed by atoms with Crippen LogP contribution in [0.25, 0.3) is 10.9 Å². The molecule has 4 rings (SSSR count). The van der Waals surface area contributed by atoms with Crippen LogP contribution in [0.4, 0.5) is 15.8 Å². The van der Waals surface area contributed by atoms with Crippen LogP contribution < -0.4 is 16.1 Å². The molecule has 4 aromatic rings. The normalized spacial score (nSPS) is 10.6. The predicted octanol–water partition coefficient (Wildman–Crippen LogP) is 4.81. The van der Waals surface area contributed by atoms with Crippen molar-refractivity contribution in [1.82, 2.24) is 4.68 Å². The van der Waals surface area contributed by atoms with E-state index < -0.39 is 23.5 Å². The van der Waals surface area contributed by atoms with Crippen LogP contribution in [0.5, 0.6) is 0 Å². The Morgan fingerprint density at radius 3 is 2.33 bits per heavy atom. The lowest BCUT2D eigenvalue weighted by molar-refractivity contribution is -0.133. The van der Waals surface area contributed by atoms with Crippen LogP contribution in [-0.2, 0) is 9.59 Å². The molecule has 3 N–H and O–H groups in total. The molecule has 1 aromatic heterocycles. The number of nitrogens with one attached hydrogen (secondary N) is 3. The molecule has 0 bridgehead atoms. The highest BCUT2D eigenvalue weighted by Crippen LogP contribution is 2.24. The molecule has 33 heavy (non-hydrogen) atoms. The Labute approximate surface area is 196 Å². The first kappa shape index (κ1) is 22.2. The number of aryl methyl sites for hydroxylation is 1. The minimum atomic E-state index is -0.996. The Morgan fingerprint density at radius 2 is 1.61 bits per heavy atom. The van der Waals surface area contributed by atoms with Gasteiger partial charge in [0.25, 0.3) is 5.91 Å². The van der Waals surface area contributed by atoms with E-state index in [0.29, 0.717) is 16.6 Å².